The maximum Gasteiger partial charge on any atom is 0.175 e. The molecule has 0 saturated carbocycles. The summed E-state index contributed by atoms with van der Waals surface area (Å²) >= 11 is 15.7. The van der Waals surface area contributed by atoms with E-state index in [2.05, 4.69) is 51.6 Å². The lowest BCUT2D eigenvalue weighted by Crippen LogP contribution is -2.03. The Morgan fingerprint density at radius 3 is 2.48 bits per heavy atom. The minimum Gasteiger partial charge on any atom is -0.493 e. The van der Waals surface area contributed by atoms with Crippen LogP contribution in [0.3, 0.4) is 0 Å². The summed E-state index contributed by atoms with van der Waals surface area (Å²) in [5, 5.41) is 6.95. The number of anilines is 1. The predicted octanol–water partition coefficient (Wildman–Crippen LogP) is 8.11. The highest BCUT2D eigenvalue weighted by molar-refractivity contribution is 9.10. The summed E-state index contributed by atoms with van der Waals surface area (Å²) in [6, 6.07) is 24.0. The maximum atomic E-state index is 6.10. The molecule has 3 nitrogen and oxygen atoms in total. The molecule has 0 bridgehead atoms. The van der Waals surface area contributed by atoms with Crippen LogP contribution in [-0.2, 0) is 13.2 Å². The molecule has 158 valence electrons. The highest BCUT2D eigenvalue weighted by Gasteiger charge is 2.13. The topological polar surface area (TPSA) is 30.5 Å². The van der Waals surface area contributed by atoms with Crippen molar-refractivity contribution in [3.05, 3.63) is 98.4 Å². The van der Waals surface area contributed by atoms with Crippen molar-refractivity contribution in [1.82, 2.24) is 0 Å². The molecule has 0 heterocycles. The third kappa shape index (κ3) is 5.09. The van der Waals surface area contributed by atoms with Crippen molar-refractivity contribution in [2.75, 3.05) is 12.4 Å². The van der Waals surface area contributed by atoms with Gasteiger partial charge < -0.3 is 14.8 Å². The lowest BCUT2D eigenvalue weighted by molar-refractivity contribution is 0.282. The van der Waals surface area contributed by atoms with Crippen LogP contribution < -0.4 is 14.8 Å². The van der Waals surface area contributed by atoms with Crippen LogP contribution in [0.5, 0.6) is 11.5 Å². The van der Waals surface area contributed by atoms with Gasteiger partial charge in [0.15, 0.2) is 11.5 Å². The van der Waals surface area contributed by atoms with E-state index in [9.17, 15) is 0 Å². The normalized spacial score (nSPS) is 10.8. The third-order valence-electron chi connectivity index (χ3n) is 4.93. The van der Waals surface area contributed by atoms with E-state index in [0.29, 0.717) is 34.7 Å². The maximum absolute atomic E-state index is 6.10. The van der Waals surface area contributed by atoms with Crippen LogP contribution in [0.15, 0.2) is 77.3 Å². The van der Waals surface area contributed by atoms with Crippen LogP contribution in [0.1, 0.15) is 11.1 Å². The smallest absolute Gasteiger partial charge is 0.175 e. The summed E-state index contributed by atoms with van der Waals surface area (Å²) in [4.78, 5) is 0. The Morgan fingerprint density at radius 2 is 1.68 bits per heavy atom. The van der Waals surface area contributed by atoms with Crippen molar-refractivity contribution in [1.29, 1.82) is 0 Å². The average molecular weight is 517 g/mol. The summed E-state index contributed by atoms with van der Waals surface area (Å²) in [5.74, 6) is 1.30. The molecule has 4 aromatic carbocycles. The molecular formula is C25H20BrCl2NO2. The zero-order valence-electron chi connectivity index (χ0n) is 16.8. The SMILES string of the molecule is COc1cc(CNc2cccc3ccccc23)cc(Br)c1OCc1ccc(Cl)c(Cl)c1. The first-order valence-electron chi connectivity index (χ1n) is 9.70. The first kappa shape index (κ1) is 21.8. The number of halogens is 3. The fourth-order valence-electron chi connectivity index (χ4n) is 3.38. The second kappa shape index (κ2) is 9.82. The summed E-state index contributed by atoms with van der Waals surface area (Å²) in [7, 11) is 1.63. The van der Waals surface area contributed by atoms with Crippen molar-refractivity contribution in [2.45, 2.75) is 13.2 Å². The van der Waals surface area contributed by atoms with Gasteiger partial charge in [-0.1, -0.05) is 65.7 Å². The highest BCUT2D eigenvalue weighted by atomic mass is 79.9. The molecule has 0 fully saturated rings. The number of methoxy groups -OCH3 is 1. The van der Waals surface area contributed by atoms with E-state index < -0.39 is 0 Å². The first-order chi connectivity index (χ1) is 15.0. The predicted molar refractivity (Wildman–Crippen MR) is 133 cm³/mol. The van der Waals surface area contributed by atoms with Gasteiger partial charge in [-0.2, -0.15) is 0 Å². The Morgan fingerprint density at radius 1 is 0.871 bits per heavy atom. The van der Waals surface area contributed by atoms with Crippen LogP contribution in [0.2, 0.25) is 10.0 Å². The molecule has 0 radical (unpaired) electrons. The van der Waals surface area contributed by atoms with Crippen LogP contribution in [-0.4, -0.2) is 7.11 Å². The summed E-state index contributed by atoms with van der Waals surface area (Å²) in [5.41, 5.74) is 3.08. The number of nitrogens with one attached hydrogen (secondary N) is 1. The third-order valence-corrected chi connectivity index (χ3v) is 6.26. The average Bonchev–Trinajstić information content (AvgIpc) is 2.78. The minimum atomic E-state index is 0.347. The molecule has 0 atom stereocenters. The van der Waals surface area contributed by atoms with Crippen molar-refractivity contribution >= 4 is 55.6 Å². The zero-order chi connectivity index (χ0) is 21.8. The molecule has 0 aromatic heterocycles. The van der Waals surface area contributed by atoms with Crippen LogP contribution in [0.25, 0.3) is 10.8 Å². The number of fused-ring (bicyclic) bond motifs is 1. The second-order valence-electron chi connectivity index (χ2n) is 7.03. The van der Waals surface area contributed by atoms with E-state index in [1.54, 1.807) is 19.2 Å². The van der Waals surface area contributed by atoms with Gasteiger partial charge >= 0.3 is 0 Å². The van der Waals surface area contributed by atoms with Crippen molar-refractivity contribution in [3.8, 4) is 11.5 Å². The summed E-state index contributed by atoms with van der Waals surface area (Å²) in [6.07, 6.45) is 0. The molecule has 0 unspecified atom stereocenters. The molecule has 0 saturated heterocycles. The Labute approximate surface area is 200 Å². The van der Waals surface area contributed by atoms with Gasteiger partial charge in [0.05, 0.1) is 21.6 Å². The van der Waals surface area contributed by atoms with Crippen molar-refractivity contribution in [3.63, 3.8) is 0 Å². The molecule has 0 spiro atoms. The lowest BCUT2D eigenvalue weighted by Gasteiger charge is -2.16. The summed E-state index contributed by atoms with van der Waals surface area (Å²) in [6.45, 7) is 0.996. The minimum absolute atomic E-state index is 0.347. The Kier molecular flexibility index (Phi) is 6.91. The van der Waals surface area contributed by atoms with Gasteiger partial charge in [-0.05, 0) is 62.8 Å². The summed E-state index contributed by atoms with van der Waals surface area (Å²) < 4.78 is 12.4. The van der Waals surface area contributed by atoms with Gasteiger partial charge in [-0.3, -0.25) is 0 Å². The number of benzene rings is 4. The Balaban J connectivity index is 1.51. The standard InChI is InChI=1S/C25H20BrCl2NO2/c1-30-24-13-17(14-29-23-8-4-6-18-5-2-3-7-19(18)23)11-20(26)25(24)31-15-16-9-10-21(27)22(28)12-16/h2-13,29H,14-15H2,1H3. The molecule has 31 heavy (non-hydrogen) atoms. The zero-order valence-corrected chi connectivity index (χ0v) is 19.9. The largest absolute Gasteiger partial charge is 0.493 e. The van der Waals surface area contributed by atoms with Gasteiger partial charge in [-0.15, -0.1) is 0 Å². The number of ether oxygens (including phenoxy) is 2. The Bertz CT molecular complexity index is 1220. The first-order valence-corrected chi connectivity index (χ1v) is 11.2. The van der Waals surface area contributed by atoms with Crippen LogP contribution in [0, 0.1) is 0 Å². The fraction of sp³-hybridized carbons (Fsp3) is 0.120. The Hall–Kier alpha value is -2.40. The molecule has 4 aromatic rings. The molecule has 0 aliphatic rings. The molecule has 0 aliphatic carbocycles. The van der Waals surface area contributed by atoms with Crippen molar-refractivity contribution in [2.24, 2.45) is 0 Å². The second-order valence-corrected chi connectivity index (χ2v) is 8.70. The van der Waals surface area contributed by atoms with Gasteiger partial charge in [0, 0.05) is 17.6 Å². The van der Waals surface area contributed by atoms with Crippen LogP contribution >= 0.6 is 39.1 Å². The number of hydrogen-bond donors (Lipinski definition) is 1. The molecule has 4 rings (SSSR count). The molecule has 1 N–H and O–H groups in total. The van der Waals surface area contributed by atoms with Gasteiger partial charge in [0.1, 0.15) is 6.61 Å². The van der Waals surface area contributed by atoms with Crippen LogP contribution in [0.4, 0.5) is 5.69 Å². The van der Waals surface area contributed by atoms with E-state index in [1.165, 1.54) is 10.8 Å². The quantitative estimate of drug-likeness (QED) is 0.269. The molecular weight excluding hydrogens is 497 g/mol. The number of rotatable bonds is 7. The number of hydrogen-bond acceptors (Lipinski definition) is 3. The lowest BCUT2D eigenvalue weighted by atomic mass is 10.1. The highest BCUT2D eigenvalue weighted by Crippen LogP contribution is 2.38. The molecule has 0 aliphatic heterocycles. The van der Waals surface area contributed by atoms with E-state index in [0.717, 1.165) is 21.3 Å². The molecule has 6 heteroatoms. The molecule has 0 amide bonds. The van der Waals surface area contributed by atoms with Gasteiger partial charge in [-0.25, -0.2) is 0 Å². The van der Waals surface area contributed by atoms with Gasteiger partial charge in [0.2, 0.25) is 0 Å². The van der Waals surface area contributed by atoms with Gasteiger partial charge in [0.25, 0.3) is 0 Å². The van der Waals surface area contributed by atoms with E-state index in [4.69, 9.17) is 32.7 Å². The van der Waals surface area contributed by atoms with E-state index >= 15 is 0 Å². The fourth-order valence-corrected chi connectivity index (χ4v) is 4.30. The van der Waals surface area contributed by atoms with E-state index in [-0.39, 0.29) is 0 Å². The monoisotopic (exact) mass is 515 g/mol. The van der Waals surface area contributed by atoms with Crippen molar-refractivity contribution < 1.29 is 9.47 Å². The van der Waals surface area contributed by atoms with E-state index in [1.807, 2.05) is 30.3 Å².